The number of amides is 1. The van der Waals surface area contributed by atoms with Crippen LogP contribution < -0.4 is 5.32 Å². The third-order valence-electron chi connectivity index (χ3n) is 1.41. The highest BCUT2D eigenvalue weighted by atomic mass is 35.5. The highest BCUT2D eigenvalue weighted by Gasteiger charge is 2.13. The Balaban J connectivity index is 3.23. The van der Waals surface area contributed by atoms with Crippen molar-refractivity contribution in [3.63, 3.8) is 0 Å². The third kappa shape index (κ3) is 2.08. The number of aromatic nitrogens is 2. The van der Waals surface area contributed by atoms with E-state index in [1.807, 2.05) is 0 Å². The average Bonchev–Trinajstić information content (AvgIpc) is 2.10. The van der Waals surface area contributed by atoms with E-state index in [1.54, 1.807) is 6.92 Å². The summed E-state index contributed by atoms with van der Waals surface area (Å²) in [5, 5.41) is 2.62. The molecule has 0 radical (unpaired) electrons. The molecule has 4 nitrogen and oxygen atoms in total. The fourth-order valence-electron chi connectivity index (χ4n) is 0.743. The van der Waals surface area contributed by atoms with Crippen LogP contribution in [0, 0.1) is 6.92 Å². The molecule has 0 aromatic carbocycles. The van der Waals surface area contributed by atoms with E-state index in [9.17, 15) is 4.79 Å². The molecule has 0 saturated heterocycles. The molecule has 0 atom stereocenters. The average molecular weight is 220 g/mol. The number of rotatable bonds is 1. The SMILES string of the molecule is CNC(=O)c1nc(C)c(Cl)nc1Cl. The molecule has 1 heterocycles. The highest BCUT2D eigenvalue weighted by Crippen LogP contribution is 2.16. The van der Waals surface area contributed by atoms with Crippen molar-refractivity contribution in [2.24, 2.45) is 0 Å². The van der Waals surface area contributed by atoms with Gasteiger partial charge in [0.15, 0.2) is 16.0 Å². The number of halogens is 2. The lowest BCUT2D eigenvalue weighted by atomic mass is 10.4. The zero-order valence-electron chi connectivity index (χ0n) is 7.06. The van der Waals surface area contributed by atoms with Crippen LogP contribution >= 0.6 is 23.2 Å². The lowest BCUT2D eigenvalue weighted by Gasteiger charge is -2.03. The number of hydrogen-bond donors (Lipinski definition) is 1. The summed E-state index contributed by atoms with van der Waals surface area (Å²) in [6, 6.07) is 0. The lowest BCUT2D eigenvalue weighted by Crippen LogP contribution is -2.20. The zero-order valence-corrected chi connectivity index (χ0v) is 8.57. The summed E-state index contributed by atoms with van der Waals surface area (Å²) in [4.78, 5) is 18.8. The summed E-state index contributed by atoms with van der Waals surface area (Å²) in [6.45, 7) is 1.65. The highest BCUT2D eigenvalue weighted by molar-refractivity contribution is 6.34. The molecular weight excluding hydrogens is 213 g/mol. The van der Waals surface area contributed by atoms with Gasteiger partial charge in [-0.2, -0.15) is 0 Å². The van der Waals surface area contributed by atoms with Gasteiger partial charge in [-0.05, 0) is 6.92 Å². The van der Waals surface area contributed by atoms with Gasteiger partial charge in [-0.15, -0.1) is 0 Å². The summed E-state index contributed by atoms with van der Waals surface area (Å²) < 4.78 is 0. The number of nitrogens with one attached hydrogen (secondary N) is 1. The Morgan fingerprint density at radius 2 is 1.92 bits per heavy atom. The molecule has 70 valence electrons. The van der Waals surface area contributed by atoms with Crippen LogP contribution in [0.5, 0.6) is 0 Å². The number of nitrogens with zero attached hydrogens (tertiary/aromatic N) is 2. The van der Waals surface area contributed by atoms with Crippen molar-refractivity contribution in [1.29, 1.82) is 0 Å². The lowest BCUT2D eigenvalue weighted by molar-refractivity contribution is 0.0957. The quantitative estimate of drug-likeness (QED) is 0.779. The Morgan fingerprint density at radius 1 is 1.31 bits per heavy atom. The Bertz CT molecular complexity index is 354. The van der Waals surface area contributed by atoms with Gasteiger partial charge in [0.1, 0.15) is 0 Å². The van der Waals surface area contributed by atoms with Crippen LogP contribution in [-0.2, 0) is 0 Å². The maximum atomic E-state index is 11.2. The number of aryl methyl sites for hydroxylation is 1. The van der Waals surface area contributed by atoms with Gasteiger partial charge in [0.05, 0.1) is 5.69 Å². The topological polar surface area (TPSA) is 54.9 Å². The Labute approximate surface area is 85.3 Å². The summed E-state index contributed by atoms with van der Waals surface area (Å²) >= 11 is 11.3. The van der Waals surface area contributed by atoms with Gasteiger partial charge < -0.3 is 5.32 Å². The molecule has 1 aromatic rings. The van der Waals surface area contributed by atoms with Crippen molar-refractivity contribution in [2.75, 3.05) is 7.05 Å². The molecule has 0 fully saturated rings. The first-order valence-electron chi connectivity index (χ1n) is 3.48. The standard InChI is InChI=1S/C7H7Cl2N3O/c1-3-5(8)12-6(9)4(11-3)7(13)10-2/h1-2H3,(H,10,13). The fraction of sp³-hybridized carbons (Fsp3) is 0.286. The van der Waals surface area contributed by atoms with Crippen LogP contribution in [0.15, 0.2) is 0 Å². The largest absolute Gasteiger partial charge is 0.354 e. The van der Waals surface area contributed by atoms with E-state index in [0.29, 0.717) is 5.69 Å². The Kier molecular flexibility index (Phi) is 3.06. The fourth-order valence-corrected chi connectivity index (χ4v) is 1.13. The second-order valence-electron chi connectivity index (χ2n) is 2.32. The Morgan fingerprint density at radius 3 is 2.46 bits per heavy atom. The van der Waals surface area contributed by atoms with Gasteiger partial charge in [0, 0.05) is 7.05 Å². The molecular formula is C7H7Cl2N3O. The normalized spacial score (nSPS) is 9.85. The van der Waals surface area contributed by atoms with Crippen molar-refractivity contribution in [2.45, 2.75) is 6.92 Å². The van der Waals surface area contributed by atoms with Crippen molar-refractivity contribution in [3.8, 4) is 0 Å². The molecule has 1 aromatic heterocycles. The predicted octanol–water partition coefficient (Wildman–Crippen LogP) is 1.45. The van der Waals surface area contributed by atoms with Crippen LogP contribution in [0.2, 0.25) is 10.3 Å². The van der Waals surface area contributed by atoms with Gasteiger partial charge in [0.25, 0.3) is 5.91 Å². The first-order chi connectivity index (χ1) is 6.06. The molecule has 0 spiro atoms. The van der Waals surface area contributed by atoms with Crippen LogP contribution in [0.4, 0.5) is 0 Å². The van der Waals surface area contributed by atoms with Gasteiger partial charge in [-0.25, -0.2) is 9.97 Å². The van der Waals surface area contributed by atoms with E-state index in [1.165, 1.54) is 7.05 Å². The van der Waals surface area contributed by atoms with Crippen LogP contribution in [0.1, 0.15) is 16.2 Å². The monoisotopic (exact) mass is 219 g/mol. The summed E-state index contributed by atoms with van der Waals surface area (Å²) in [5.41, 5.74) is 0.565. The van der Waals surface area contributed by atoms with Crippen molar-refractivity contribution >= 4 is 29.1 Å². The van der Waals surface area contributed by atoms with Gasteiger partial charge >= 0.3 is 0 Å². The van der Waals surface area contributed by atoms with Crippen LogP contribution in [0.3, 0.4) is 0 Å². The molecule has 1 amide bonds. The Hall–Kier alpha value is -0.870. The molecule has 13 heavy (non-hydrogen) atoms. The minimum atomic E-state index is -0.378. The van der Waals surface area contributed by atoms with Gasteiger partial charge in [0.2, 0.25) is 0 Å². The minimum absolute atomic E-state index is 0.00921. The molecule has 0 bridgehead atoms. The van der Waals surface area contributed by atoms with E-state index in [4.69, 9.17) is 23.2 Å². The van der Waals surface area contributed by atoms with E-state index in [2.05, 4.69) is 15.3 Å². The van der Waals surface area contributed by atoms with Gasteiger partial charge in [-0.1, -0.05) is 23.2 Å². The number of hydrogen-bond acceptors (Lipinski definition) is 3. The van der Waals surface area contributed by atoms with Crippen molar-refractivity contribution in [1.82, 2.24) is 15.3 Å². The first kappa shape index (κ1) is 10.2. The predicted molar refractivity (Wildman–Crippen MR) is 50.2 cm³/mol. The maximum Gasteiger partial charge on any atom is 0.272 e. The number of carbonyl (C=O) groups excluding carboxylic acids is 1. The first-order valence-corrected chi connectivity index (χ1v) is 4.23. The van der Waals surface area contributed by atoms with Crippen LogP contribution in [0.25, 0.3) is 0 Å². The van der Waals surface area contributed by atoms with E-state index in [0.717, 1.165) is 0 Å². The molecule has 0 unspecified atom stereocenters. The van der Waals surface area contributed by atoms with E-state index in [-0.39, 0.29) is 21.9 Å². The number of carbonyl (C=O) groups is 1. The van der Waals surface area contributed by atoms with E-state index < -0.39 is 0 Å². The molecule has 0 aliphatic heterocycles. The molecule has 6 heteroatoms. The molecule has 0 aliphatic rings. The van der Waals surface area contributed by atoms with E-state index >= 15 is 0 Å². The molecule has 1 rings (SSSR count). The second kappa shape index (κ2) is 3.89. The summed E-state index contributed by atoms with van der Waals surface area (Å²) in [7, 11) is 1.49. The molecule has 0 saturated carbocycles. The molecule has 1 N–H and O–H groups in total. The van der Waals surface area contributed by atoms with Gasteiger partial charge in [-0.3, -0.25) is 4.79 Å². The second-order valence-corrected chi connectivity index (χ2v) is 3.03. The minimum Gasteiger partial charge on any atom is -0.354 e. The molecule has 0 aliphatic carbocycles. The maximum absolute atomic E-state index is 11.2. The van der Waals surface area contributed by atoms with Crippen molar-refractivity contribution < 1.29 is 4.79 Å². The smallest absolute Gasteiger partial charge is 0.272 e. The third-order valence-corrected chi connectivity index (χ3v) is 2.03. The summed E-state index contributed by atoms with van der Waals surface area (Å²) in [6.07, 6.45) is 0. The van der Waals surface area contributed by atoms with Crippen LogP contribution in [-0.4, -0.2) is 22.9 Å². The van der Waals surface area contributed by atoms with Crippen molar-refractivity contribution in [3.05, 3.63) is 21.7 Å². The zero-order chi connectivity index (χ0) is 10.0. The summed E-state index contributed by atoms with van der Waals surface area (Å²) in [5.74, 6) is -0.378.